The Kier molecular flexibility index (Phi) is 5.79. The molecule has 1 N–H and O–H groups in total. The number of aryl methyl sites for hydroxylation is 2. The van der Waals surface area contributed by atoms with E-state index in [2.05, 4.69) is 14.9 Å². The molecule has 0 aliphatic heterocycles. The van der Waals surface area contributed by atoms with Crippen LogP contribution in [0.1, 0.15) is 27.3 Å². The van der Waals surface area contributed by atoms with Crippen molar-refractivity contribution in [1.29, 1.82) is 0 Å². The molecule has 3 aromatic carbocycles. The number of rotatable bonds is 6. The smallest absolute Gasteiger partial charge is 0.259 e. The quantitative estimate of drug-likeness (QED) is 0.366. The van der Waals surface area contributed by atoms with Crippen LogP contribution in [0.25, 0.3) is 16.9 Å². The number of carbonyl (C=O) groups excluding carboxylic acids is 1. The lowest BCUT2D eigenvalue weighted by Gasteiger charge is -2.08. The van der Waals surface area contributed by atoms with Crippen molar-refractivity contribution in [3.8, 4) is 16.9 Å². The molecule has 2 aromatic heterocycles. The van der Waals surface area contributed by atoms with Gasteiger partial charge in [-0.05, 0) is 49.7 Å². The Morgan fingerprint density at radius 3 is 2.44 bits per heavy atom. The summed E-state index contributed by atoms with van der Waals surface area (Å²) in [6.07, 6.45) is 5.55. The van der Waals surface area contributed by atoms with Crippen molar-refractivity contribution >= 4 is 11.6 Å². The van der Waals surface area contributed by atoms with Gasteiger partial charge in [0.05, 0.1) is 11.3 Å². The second-order valence-corrected chi connectivity index (χ2v) is 8.29. The first-order valence-electron chi connectivity index (χ1n) is 11.2. The lowest BCUT2D eigenvalue weighted by Crippen LogP contribution is -2.12. The molecular formula is C28H25N5O. The Morgan fingerprint density at radius 2 is 1.74 bits per heavy atom. The molecule has 0 bridgehead atoms. The van der Waals surface area contributed by atoms with Crippen molar-refractivity contribution in [2.45, 2.75) is 20.4 Å². The molecule has 0 fully saturated rings. The third-order valence-corrected chi connectivity index (χ3v) is 5.76. The molecule has 6 heteroatoms. The van der Waals surface area contributed by atoms with Crippen LogP contribution < -0.4 is 5.32 Å². The minimum atomic E-state index is -0.197. The summed E-state index contributed by atoms with van der Waals surface area (Å²) in [5.41, 5.74) is 5.96. The average molecular weight is 448 g/mol. The maximum absolute atomic E-state index is 13.3. The fourth-order valence-electron chi connectivity index (χ4n) is 3.92. The van der Waals surface area contributed by atoms with Crippen molar-refractivity contribution in [2.75, 3.05) is 5.32 Å². The highest BCUT2D eigenvalue weighted by molar-refractivity contribution is 6.08. The number of carbonyl (C=O) groups is 1. The number of para-hydroxylation sites is 1. The first kappa shape index (κ1) is 21.4. The van der Waals surface area contributed by atoms with E-state index < -0.39 is 0 Å². The summed E-state index contributed by atoms with van der Waals surface area (Å²) < 4.78 is 3.84. The topological polar surface area (TPSA) is 64.7 Å². The average Bonchev–Trinajstić information content (AvgIpc) is 3.48. The van der Waals surface area contributed by atoms with Crippen LogP contribution in [0.4, 0.5) is 5.69 Å². The lowest BCUT2D eigenvalue weighted by atomic mass is 10.1. The number of hydrogen-bond donors (Lipinski definition) is 1. The van der Waals surface area contributed by atoms with Crippen LogP contribution in [0.15, 0.2) is 97.5 Å². The number of benzene rings is 3. The molecule has 0 spiro atoms. The fraction of sp³-hybridized carbons (Fsp3) is 0.107. The van der Waals surface area contributed by atoms with Gasteiger partial charge in [0.2, 0.25) is 0 Å². The monoisotopic (exact) mass is 447 g/mol. The van der Waals surface area contributed by atoms with E-state index in [0.717, 1.165) is 40.4 Å². The minimum absolute atomic E-state index is 0.197. The number of nitrogens with zero attached hydrogens (tertiary/aromatic N) is 4. The van der Waals surface area contributed by atoms with Crippen LogP contribution >= 0.6 is 0 Å². The molecule has 0 atom stereocenters. The maximum Gasteiger partial charge on any atom is 0.259 e. The number of nitrogens with one attached hydrogen (secondary N) is 1. The van der Waals surface area contributed by atoms with Crippen LogP contribution in [0.3, 0.4) is 0 Å². The molecule has 2 heterocycles. The fourth-order valence-corrected chi connectivity index (χ4v) is 3.92. The molecule has 0 aliphatic carbocycles. The van der Waals surface area contributed by atoms with Gasteiger partial charge in [0.15, 0.2) is 0 Å². The van der Waals surface area contributed by atoms with Crippen molar-refractivity contribution < 1.29 is 4.79 Å². The van der Waals surface area contributed by atoms with Gasteiger partial charge in [-0.3, -0.25) is 4.79 Å². The molecule has 0 saturated carbocycles. The normalized spacial score (nSPS) is 10.9. The second kappa shape index (κ2) is 9.19. The molecule has 1 amide bonds. The van der Waals surface area contributed by atoms with Crippen molar-refractivity contribution in [3.05, 3.63) is 120 Å². The van der Waals surface area contributed by atoms with E-state index in [0.29, 0.717) is 11.3 Å². The van der Waals surface area contributed by atoms with E-state index >= 15 is 0 Å². The van der Waals surface area contributed by atoms with Gasteiger partial charge in [-0.15, -0.1) is 0 Å². The standard InChI is InChI=1S/C28H25N5O/c1-20-7-6-8-23(17-20)27-26(19-33(31-27)25-9-4-3-5-10-25)28(34)30-24-13-11-22(12-14-24)18-32-16-15-29-21(32)2/h3-17,19H,18H2,1-2H3,(H,30,34). The third kappa shape index (κ3) is 4.52. The molecule has 5 rings (SSSR count). The molecule has 0 saturated heterocycles. The molecule has 34 heavy (non-hydrogen) atoms. The number of imidazole rings is 1. The van der Waals surface area contributed by atoms with Crippen LogP contribution in [-0.4, -0.2) is 25.2 Å². The number of aromatic nitrogens is 4. The zero-order chi connectivity index (χ0) is 23.5. The molecule has 6 nitrogen and oxygen atoms in total. The number of anilines is 1. The van der Waals surface area contributed by atoms with Gasteiger partial charge in [-0.25, -0.2) is 9.67 Å². The molecule has 0 aliphatic rings. The van der Waals surface area contributed by atoms with E-state index in [9.17, 15) is 4.79 Å². The summed E-state index contributed by atoms with van der Waals surface area (Å²) in [7, 11) is 0. The Labute approximate surface area is 198 Å². The second-order valence-electron chi connectivity index (χ2n) is 8.29. The predicted octanol–water partition coefficient (Wildman–Crippen LogP) is 5.65. The molecule has 5 aromatic rings. The van der Waals surface area contributed by atoms with Crippen LogP contribution in [-0.2, 0) is 6.54 Å². The van der Waals surface area contributed by atoms with E-state index in [-0.39, 0.29) is 5.91 Å². The van der Waals surface area contributed by atoms with Gasteiger partial charge >= 0.3 is 0 Å². The molecular weight excluding hydrogens is 422 g/mol. The zero-order valence-electron chi connectivity index (χ0n) is 19.1. The van der Waals surface area contributed by atoms with E-state index in [1.807, 2.05) is 98.9 Å². The third-order valence-electron chi connectivity index (χ3n) is 5.76. The van der Waals surface area contributed by atoms with Crippen LogP contribution in [0.5, 0.6) is 0 Å². The van der Waals surface area contributed by atoms with Gasteiger partial charge < -0.3 is 9.88 Å². The molecule has 168 valence electrons. The van der Waals surface area contributed by atoms with E-state index in [4.69, 9.17) is 5.10 Å². The summed E-state index contributed by atoms with van der Waals surface area (Å²) in [6.45, 7) is 4.75. The van der Waals surface area contributed by atoms with Crippen LogP contribution in [0.2, 0.25) is 0 Å². The number of amides is 1. The van der Waals surface area contributed by atoms with Crippen molar-refractivity contribution in [1.82, 2.24) is 19.3 Å². The Balaban J connectivity index is 1.42. The highest BCUT2D eigenvalue weighted by atomic mass is 16.1. The first-order valence-corrected chi connectivity index (χ1v) is 11.2. The van der Waals surface area contributed by atoms with Gasteiger partial charge in [0, 0.05) is 36.4 Å². The molecule has 0 unspecified atom stereocenters. The van der Waals surface area contributed by atoms with E-state index in [1.165, 1.54) is 0 Å². The lowest BCUT2D eigenvalue weighted by molar-refractivity contribution is 0.102. The number of hydrogen-bond acceptors (Lipinski definition) is 3. The van der Waals surface area contributed by atoms with Gasteiger partial charge in [0.1, 0.15) is 11.5 Å². The zero-order valence-corrected chi connectivity index (χ0v) is 19.1. The van der Waals surface area contributed by atoms with Crippen molar-refractivity contribution in [2.24, 2.45) is 0 Å². The Morgan fingerprint density at radius 1 is 0.941 bits per heavy atom. The first-order chi connectivity index (χ1) is 16.6. The van der Waals surface area contributed by atoms with Crippen molar-refractivity contribution in [3.63, 3.8) is 0 Å². The van der Waals surface area contributed by atoms with Gasteiger partial charge in [-0.1, -0.05) is 54.1 Å². The summed E-state index contributed by atoms with van der Waals surface area (Å²) >= 11 is 0. The SMILES string of the molecule is Cc1cccc(-c2nn(-c3ccccc3)cc2C(=O)Nc2ccc(Cn3ccnc3C)cc2)c1. The summed E-state index contributed by atoms with van der Waals surface area (Å²) in [6, 6.07) is 25.7. The highest BCUT2D eigenvalue weighted by Gasteiger charge is 2.19. The van der Waals surface area contributed by atoms with Gasteiger partial charge in [0.25, 0.3) is 5.91 Å². The summed E-state index contributed by atoms with van der Waals surface area (Å²) in [5.74, 6) is 0.772. The summed E-state index contributed by atoms with van der Waals surface area (Å²) in [4.78, 5) is 17.6. The summed E-state index contributed by atoms with van der Waals surface area (Å²) in [5, 5.41) is 7.80. The maximum atomic E-state index is 13.3. The van der Waals surface area contributed by atoms with E-state index in [1.54, 1.807) is 17.1 Å². The Hall–Kier alpha value is -4.45. The predicted molar refractivity (Wildman–Crippen MR) is 134 cm³/mol. The minimum Gasteiger partial charge on any atom is -0.331 e. The molecule has 0 radical (unpaired) electrons. The Bertz CT molecular complexity index is 1430. The van der Waals surface area contributed by atoms with Crippen LogP contribution in [0, 0.1) is 13.8 Å². The highest BCUT2D eigenvalue weighted by Crippen LogP contribution is 2.26. The largest absolute Gasteiger partial charge is 0.331 e. The van der Waals surface area contributed by atoms with Gasteiger partial charge in [-0.2, -0.15) is 5.10 Å².